The largest absolute Gasteiger partial charge is 0.507 e. The van der Waals surface area contributed by atoms with Crippen molar-refractivity contribution in [3.63, 3.8) is 0 Å². The number of fused-ring (bicyclic) bond motifs is 1. The molecule has 0 aliphatic heterocycles. The molecule has 0 amide bonds. The Hall–Kier alpha value is -2.95. The van der Waals surface area contributed by atoms with Gasteiger partial charge in [0.2, 0.25) is 0 Å². The molecule has 0 aliphatic rings. The Bertz CT molecular complexity index is 895. The molecule has 5 heteroatoms. The summed E-state index contributed by atoms with van der Waals surface area (Å²) in [4.78, 5) is 12.2. The fourth-order valence-corrected chi connectivity index (χ4v) is 2.38. The zero-order valence-electron chi connectivity index (χ0n) is 12.1. The maximum absolute atomic E-state index is 12.2. The van der Waals surface area contributed by atoms with E-state index in [1.54, 1.807) is 30.3 Å². The van der Waals surface area contributed by atoms with Crippen LogP contribution in [0, 0.1) is 0 Å². The van der Waals surface area contributed by atoms with Gasteiger partial charge in [0.05, 0.1) is 19.6 Å². The summed E-state index contributed by atoms with van der Waals surface area (Å²) in [5, 5.41) is 10.6. The van der Waals surface area contributed by atoms with E-state index < -0.39 is 0 Å². The van der Waals surface area contributed by atoms with Crippen molar-refractivity contribution < 1.29 is 19.0 Å². The van der Waals surface area contributed by atoms with Gasteiger partial charge in [-0.05, 0) is 24.3 Å². The fourth-order valence-electron chi connectivity index (χ4n) is 2.38. The molecule has 0 bridgehead atoms. The van der Waals surface area contributed by atoms with Gasteiger partial charge in [0.25, 0.3) is 0 Å². The Kier molecular flexibility index (Phi) is 3.47. The first-order chi connectivity index (χ1) is 10.7. The molecule has 1 N–H and O–H groups in total. The van der Waals surface area contributed by atoms with Crippen molar-refractivity contribution in [3.8, 4) is 28.6 Å². The average Bonchev–Trinajstić information content (AvgIpc) is 2.54. The van der Waals surface area contributed by atoms with Crippen molar-refractivity contribution in [1.29, 1.82) is 0 Å². The van der Waals surface area contributed by atoms with Gasteiger partial charge in [-0.3, -0.25) is 4.79 Å². The molecule has 2 aromatic carbocycles. The molecule has 0 radical (unpaired) electrons. The minimum atomic E-state index is -0.193. The molecule has 0 aliphatic carbocycles. The number of para-hydroxylation sites is 1. The Morgan fingerprint density at radius 1 is 1.05 bits per heavy atom. The number of methoxy groups -OCH3 is 2. The molecule has 3 aromatic rings. The van der Waals surface area contributed by atoms with Crippen molar-refractivity contribution in [2.24, 2.45) is 0 Å². The third kappa shape index (κ3) is 2.16. The summed E-state index contributed by atoms with van der Waals surface area (Å²) in [6, 6.07) is 11.3. The van der Waals surface area contributed by atoms with Gasteiger partial charge in [-0.2, -0.15) is 0 Å². The lowest BCUT2D eigenvalue weighted by atomic mass is 10.1. The summed E-state index contributed by atoms with van der Waals surface area (Å²) in [6.45, 7) is 0. The zero-order chi connectivity index (χ0) is 15.7. The number of phenolic OH excluding ortho intramolecular Hbond substituents is 1. The van der Waals surface area contributed by atoms with E-state index in [-0.39, 0.29) is 22.5 Å². The molecule has 1 heterocycles. The molecular formula is C17H14O5. The maximum Gasteiger partial charge on any atom is 0.193 e. The lowest BCUT2D eigenvalue weighted by molar-refractivity contribution is 0.352. The standard InChI is InChI=1S/C17H14O5/c1-20-14-8-7-11(18)16(17(14)21-2)15-9-12(19)10-5-3-4-6-13(10)22-15/h3-9,18H,1-2H3. The number of phenols is 1. The molecule has 0 saturated carbocycles. The summed E-state index contributed by atoms with van der Waals surface area (Å²) in [6.07, 6.45) is 0. The molecule has 0 spiro atoms. The van der Waals surface area contributed by atoms with Gasteiger partial charge in [0, 0.05) is 6.07 Å². The maximum atomic E-state index is 12.2. The van der Waals surface area contributed by atoms with Crippen molar-refractivity contribution in [1.82, 2.24) is 0 Å². The second kappa shape index (κ2) is 5.44. The van der Waals surface area contributed by atoms with Crippen LogP contribution in [0.15, 0.2) is 51.7 Å². The summed E-state index contributed by atoms with van der Waals surface area (Å²) in [5.74, 6) is 0.903. The molecule has 0 unspecified atom stereocenters. The Balaban J connectivity index is 2.34. The molecular weight excluding hydrogens is 284 g/mol. The van der Waals surface area contributed by atoms with Gasteiger partial charge in [-0.15, -0.1) is 0 Å². The average molecular weight is 298 g/mol. The van der Waals surface area contributed by atoms with Crippen LogP contribution < -0.4 is 14.9 Å². The molecule has 0 saturated heterocycles. The van der Waals surface area contributed by atoms with E-state index in [1.807, 2.05) is 0 Å². The second-order valence-corrected chi connectivity index (χ2v) is 4.67. The van der Waals surface area contributed by atoms with Crippen LogP contribution >= 0.6 is 0 Å². The second-order valence-electron chi connectivity index (χ2n) is 4.67. The highest BCUT2D eigenvalue weighted by Gasteiger charge is 2.19. The van der Waals surface area contributed by atoms with Crippen molar-refractivity contribution in [2.45, 2.75) is 0 Å². The van der Waals surface area contributed by atoms with E-state index in [4.69, 9.17) is 13.9 Å². The molecule has 0 atom stereocenters. The van der Waals surface area contributed by atoms with E-state index in [0.29, 0.717) is 22.5 Å². The van der Waals surface area contributed by atoms with E-state index in [9.17, 15) is 9.90 Å². The van der Waals surface area contributed by atoms with Crippen LogP contribution in [0.3, 0.4) is 0 Å². The van der Waals surface area contributed by atoms with Crippen LogP contribution in [-0.2, 0) is 0 Å². The number of rotatable bonds is 3. The first-order valence-corrected chi connectivity index (χ1v) is 6.63. The third-order valence-electron chi connectivity index (χ3n) is 3.40. The highest BCUT2D eigenvalue weighted by molar-refractivity contribution is 5.82. The SMILES string of the molecule is COc1ccc(O)c(-c2cc(=O)c3ccccc3o2)c1OC. The monoisotopic (exact) mass is 298 g/mol. The lowest BCUT2D eigenvalue weighted by Crippen LogP contribution is -2.01. The van der Waals surface area contributed by atoms with Crippen LogP contribution in [0.2, 0.25) is 0 Å². The molecule has 22 heavy (non-hydrogen) atoms. The van der Waals surface area contributed by atoms with Crippen LogP contribution in [0.5, 0.6) is 17.2 Å². The Morgan fingerprint density at radius 3 is 2.55 bits per heavy atom. The Labute approximate surface area is 126 Å². The van der Waals surface area contributed by atoms with Gasteiger partial charge in [-0.25, -0.2) is 0 Å². The lowest BCUT2D eigenvalue weighted by Gasteiger charge is -2.13. The first-order valence-electron chi connectivity index (χ1n) is 6.63. The number of hydrogen-bond acceptors (Lipinski definition) is 5. The molecule has 112 valence electrons. The zero-order valence-corrected chi connectivity index (χ0v) is 12.1. The highest BCUT2D eigenvalue weighted by Crippen LogP contribution is 2.43. The van der Waals surface area contributed by atoms with Gasteiger partial charge >= 0.3 is 0 Å². The van der Waals surface area contributed by atoms with Gasteiger partial charge in [0.1, 0.15) is 22.7 Å². The first kappa shape index (κ1) is 14.0. The minimum Gasteiger partial charge on any atom is -0.507 e. The smallest absolute Gasteiger partial charge is 0.193 e. The molecule has 1 aromatic heterocycles. The van der Waals surface area contributed by atoms with E-state index in [0.717, 1.165) is 0 Å². The summed E-state index contributed by atoms with van der Waals surface area (Å²) < 4.78 is 16.3. The van der Waals surface area contributed by atoms with Gasteiger partial charge in [0.15, 0.2) is 16.9 Å². The van der Waals surface area contributed by atoms with Crippen LogP contribution in [0.25, 0.3) is 22.3 Å². The summed E-state index contributed by atoms with van der Waals surface area (Å²) in [7, 11) is 2.95. The predicted octanol–water partition coefficient (Wildman–Crippen LogP) is 3.18. The van der Waals surface area contributed by atoms with E-state index >= 15 is 0 Å². The van der Waals surface area contributed by atoms with E-state index in [2.05, 4.69) is 0 Å². The van der Waals surface area contributed by atoms with Crippen molar-refractivity contribution in [3.05, 3.63) is 52.7 Å². The Morgan fingerprint density at radius 2 is 1.82 bits per heavy atom. The number of ether oxygens (including phenoxy) is 2. The summed E-state index contributed by atoms with van der Waals surface area (Å²) >= 11 is 0. The topological polar surface area (TPSA) is 68.9 Å². The third-order valence-corrected chi connectivity index (χ3v) is 3.40. The predicted molar refractivity (Wildman–Crippen MR) is 82.7 cm³/mol. The molecule has 5 nitrogen and oxygen atoms in total. The quantitative estimate of drug-likeness (QED) is 0.804. The number of hydrogen-bond donors (Lipinski definition) is 1. The summed E-state index contributed by atoms with van der Waals surface area (Å²) in [5.41, 5.74) is 0.528. The molecule has 0 fully saturated rings. The number of benzene rings is 2. The van der Waals surface area contributed by atoms with Crippen LogP contribution in [0.1, 0.15) is 0 Å². The van der Waals surface area contributed by atoms with Crippen LogP contribution in [-0.4, -0.2) is 19.3 Å². The van der Waals surface area contributed by atoms with Crippen LogP contribution in [0.4, 0.5) is 0 Å². The van der Waals surface area contributed by atoms with Gasteiger partial charge in [-0.1, -0.05) is 12.1 Å². The van der Waals surface area contributed by atoms with E-state index in [1.165, 1.54) is 26.4 Å². The minimum absolute atomic E-state index is 0.0592. The van der Waals surface area contributed by atoms with Crippen molar-refractivity contribution >= 4 is 11.0 Å². The normalized spacial score (nSPS) is 10.6. The highest BCUT2D eigenvalue weighted by atomic mass is 16.5. The van der Waals surface area contributed by atoms with Crippen molar-refractivity contribution in [2.75, 3.05) is 14.2 Å². The van der Waals surface area contributed by atoms with Gasteiger partial charge < -0.3 is 19.0 Å². The fraction of sp³-hybridized carbons (Fsp3) is 0.118. The number of aromatic hydroxyl groups is 1. The molecule has 3 rings (SSSR count).